The van der Waals surface area contributed by atoms with Crippen LogP contribution in [0.5, 0.6) is 11.5 Å². The molecule has 0 heterocycles. The molecule has 1 aromatic carbocycles. The summed E-state index contributed by atoms with van der Waals surface area (Å²) in [4.78, 5) is 0. The Hall–Kier alpha value is -1.26. The van der Waals surface area contributed by atoms with E-state index in [-0.39, 0.29) is 6.61 Å². The molecule has 0 spiro atoms. The van der Waals surface area contributed by atoms with Gasteiger partial charge in [0.15, 0.2) is 0 Å². The summed E-state index contributed by atoms with van der Waals surface area (Å²) in [5.74, 6) is 1.72. The van der Waals surface area contributed by atoms with Gasteiger partial charge in [-0.25, -0.2) is 0 Å². The topological polar surface area (TPSA) is 50.7 Å². The normalized spacial score (nSPS) is 10.4. The van der Waals surface area contributed by atoms with Crippen LogP contribution in [0.15, 0.2) is 12.1 Å². The van der Waals surface area contributed by atoms with E-state index in [9.17, 15) is 0 Å². The van der Waals surface area contributed by atoms with Crippen LogP contribution in [0.1, 0.15) is 24.0 Å². The molecule has 0 saturated carbocycles. The van der Waals surface area contributed by atoms with Crippen molar-refractivity contribution in [3.63, 3.8) is 0 Å². The Balaban J connectivity index is 2.62. The Labute approximate surface area is 109 Å². The third-order valence-electron chi connectivity index (χ3n) is 2.94. The number of hydrogen-bond acceptors (Lipinski definition) is 4. The van der Waals surface area contributed by atoms with Gasteiger partial charge in [0.1, 0.15) is 11.5 Å². The summed E-state index contributed by atoms with van der Waals surface area (Å²) in [5, 5.41) is 12.0. The molecule has 18 heavy (non-hydrogen) atoms. The summed E-state index contributed by atoms with van der Waals surface area (Å²) < 4.78 is 10.7. The second-order valence-electron chi connectivity index (χ2n) is 4.19. The monoisotopic (exact) mass is 253 g/mol. The molecule has 1 rings (SSSR count). The third-order valence-corrected chi connectivity index (χ3v) is 2.94. The lowest BCUT2D eigenvalue weighted by atomic mass is 10.1. The molecule has 4 nitrogen and oxygen atoms in total. The molecule has 0 atom stereocenters. The van der Waals surface area contributed by atoms with Gasteiger partial charge in [0.2, 0.25) is 0 Å². The molecule has 0 radical (unpaired) electrons. The lowest BCUT2D eigenvalue weighted by Gasteiger charge is -2.14. The quantitative estimate of drug-likeness (QED) is 0.695. The number of ether oxygens (including phenoxy) is 2. The average Bonchev–Trinajstić information content (AvgIpc) is 2.39. The first-order valence-electron chi connectivity index (χ1n) is 6.26. The van der Waals surface area contributed by atoms with Gasteiger partial charge < -0.3 is 19.9 Å². The fourth-order valence-corrected chi connectivity index (χ4v) is 1.96. The third kappa shape index (κ3) is 3.89. The second-order valence-corrected chi connectivity index (χ2v) is 4.19. The van der Waals surface area contributed by atoms with Crippen LogP contribution < -0.4 is 14.8 Å². The van der Waals surface area contributed by atoms with E-state index in [0.29, 0.717) is 0 Å². The molecule has 102 valence electrons. The van der Waals surface area contributed by atoms with E-state index in [2.05, 4.69) is 5.32 Å². The van der Waals surface area contributed by atoms with Crippen LogP contribution in [-0.2, 0) is 6.54 Å². The first-order chi connectivity index (χ1) is 8.74. The number of nitrogens with one attached hydrogen (secondary N) is 1. The first kappa shape index (κ1) is 14.8. The molecule has 0 aliphatic rings. The zero-order valence-corrected chi connectivity index (χ0v) is 11.5. The number of unbranched alkanes of at least 4 members (excludes halogenated alkanes) is 1. The molecule has 0 aromatic heterocycles. The predicted octanol–water partition coefficient (Wildman–Crippen LogP) is 1.87. The highest BCUT2D eigenvalue weighted by Gasteiger charge is 2.10. The molecule has 1 aromatic rings. The fraction of sp³-hybridized carbons (Fsp3) is 0.571. The van der Waals surface area contributed by atoms with Gasteiger partial charge >= 0.3 is 0 Å². The zero-order chi connectivity index (χ0) is 13.4. The van der Waals surface area contributed by atoms with Crippen LogP contribution in [0, 0.1) is 6.92 Å². The van der Waals surface area contributed by atoms with Crippen molar-refractivity contribution < 1.29 is 14.6 Å². The van der Waals surface area contributed by atoms with Crippen molar-refractivity contribution in [3.8, 4) is 11.5 Å². The Morgan fingerprint density at radius 2 is 1.94 bits per heavy atom. The largest absolute Gasteiger partial charge is 0.496 e. The predicted molar refractivity (Wildman–Crippen MR) is 72.3 cm³/mol. The van der Waals surface area contributed by atoms with Crippen LogP contribution in [-0.4, -0.2) is 32.5 Å². The molecule has 4 heteroatoms. The van der Waals surface area contributed by atoms with Gasteiger partial charge in [0.05, 0.1) is 14.2 Å². The minimum absolute atomic E-state index is 0.257. The van der Waals surface area contributed by atoms with Gasteiger partial charge in [-0.3, -0.25) is 0 Å². The first-order valence-corrected chi connectivity index (χ1v) is 6.26. The maximum atomic E-state index is 8.70. The van der Waals surface area contributed by atoms with Crippen molar-refractivity contribution in [1.29, 1.82) is 0 Å². The summed E-state index contributed by atoms with van der Waals surface area (Å²) >= 11 is 0. The SMILES string of the molecule is COc1ccc(CNCCCCO)c(OC)c1C. The van der Waals surface area contributed by atoms with E-state index >= 15 is 0 Å². The summed E-state index contributed by atoms with van der Waals surface area (Å²) in [6, 6.07) is 3.98. The maximum Gasteiger partial charge on any atom is 0.129 e. The van der Waals surface area contributed by atoms with Crippen LogP contribution >= 0.6 is 0 Å². The van der Waals surface area contributed by atoms with Crippen molar-refractivity contribution in [3.05, 3.63) is 23.3 Å². The highest BCUT2D eigenvalue weighted by atomic mass is 16.5. The molecule has 0 unspecified atom stereocenters. The minimum Gasteiger partial charge on any atom is -0.496 e. The van der Waals surface area contributed by atoms with Gasteiger partial charge in [0, 0.05) is 24.3 Å². The maximum absolute atomic E-state index is 8.70. The number of hydrogen-bond donors (Lipinski definition) is 2. The van der Waals surface area contributed by atoms with Gasteiger partial charge in [-0.2, -0.15) is 0 Å². The summed E-state index contributed by atoms with van der Waals surface area (Å²) in [5.41, 5.74) is 2.15. The number of aliphatic hydroxyl groups excluding tert-OH is 1. The van der Waals surface area contributed by atoms with E-state index < -0.39 is 0 Å². The van der Waals surface area contributed by atoms with Crippen LogP contribution in [0.4, 0.5) is 0 Å². The lowest BCUT2D eigenvalue weighted by molar-refractivity contribution is 0.283. The van der Waals surface area contributed by atoms with E-state index in [1.807, 2.05) is 19.1 Å². The Morgan fingerprint density at radius 1 is 1.17 bits per heavy atom. The Bertz CT molecular complexity index is 366. The van der Waals surface area contributed by atoms with E-state index in [0.717, 1.165) is 48.6 Å². The minimum atomic E-state index is 0.257. The van der Waals surface area contributed by atoms with Crippen LogP contribution in [0.25, 0.3) is 0 Å². The van der Waals surface area contributed by atoms with Gasteiger partial charge in [0.25, 0.3) is 0 Å². The van der Waals surface area contributed by atoms with E-state index in [4.69, 9.17) is 14.6 Å². The Kier molecular flexibility index (Phi) is 6.54. The van der Waals surface area contributed by atoms with Gasteiger partial charge in [-0.05, 0) is 32.4 Å². The summed E-state index contributed by atoms with van der Waals surface area (Å²) in [6.07, 6.45) is 1.82. The molecule has 0 saturated heterocycles. The second kappa shape index (κ2) is 7.95. The van der Waals surface area contributed by atoms with Crippen molar-refractivity contribution in [2.75, 3.05) is 27.4 Å². The Morgan fingerprint density at radius 3 is 2.56 bits per heavy atom. The highest BCUT2D eigenvalue weighted by molar-refractivity contribution is 5.49. The van der Waals surface area contributed by atoms with Crippen molar-refractivity contribution >= 4 is 0 Å². The summed E-state index contributed by atoms with van der Waals surface area (Å²) in [7, 11) is 3.34. The molecular formula is C14H23NO3. The van der Waals surface area contributed by atoms with Crippen molar-refractivity contribution in [2.45, 2.75) is 26.3 Å². The molecule has 2 N–H and O–H groups in total. The van der Waals surface area contributed by atoms with Gasteiger partial charge in [-0.15, -0.1) is 0 Å². The summed E-state index contributed by atoms with van der Waals surface area (Å²) in [6.45, 7) is 3.91. The number of benzene rings is 1. The van der Waals surface area contributed by atoms with E-state index in [1.165, 1.54) is 0 Å². The molecule has 0 aliphatic heterocycles. The van der Waals surface area contributed by atoms with E-state index in [1.54, 1.807) is 14.2 Å². The molecular weight excluding hydrogens is 230 g/mol. The average molecular weight is 253 g/mol. The highest BCUT2D eigenvalue weighted by Crippen LogP contribution is 2.31. The zero-order valence-electron chi connectivity index (χ0n) is 11.5. The van der Waals surface area contributed by atoms with Crippen molar-refractivity contribution in [2.24, 2.45) is 0 Å². The molecule has 0 fully saturated rings. The molecule has 0 amide bonds. The van der Waals surface area contributed by atoms with Crippen LogP contribution in [0.2, 0.25) is 0 Å². The molecule has 0 aliphatic carbocycles. The number of rotatable bonds is 8. The van der Waals surface area contributed by atoms with Gasteiger partial charge in [-0.1, -0.05) is 6.07 Å². The smallest absolute Gasteiger partial charge is 0.129 e. The number of aliphatic hydroxyl groups is 1. The number of methoxy groups -OCH3 is 2. The van der Waals surface area contributed by atoms with Crippen molar-refractivity contribution in [1.82, 2.24) is 5.32 Å². The lowest BCUT2D eigenvalue weighted by Crippen LogP contribution is -2.16. The molecule has 0 bridgehead atoms. The standard InChI is InChI=1S/C14H23NO3/c1-11-13(17-2)7-6-12(14(11)18-3)10-15-8-4-5-9-16/h6-7,15-16H,4-5,8-10H2,1-3H3. The fourth-order valence-electron chi connectivity index (χ4n) is 1.96. The van der Waals surface area contributed by atoms with Crippen LogP contribution in [0.3, 0.4) is 0 Å².